The number of rotatable bonds is 4. The van der Waals surface area contributed by atoms with Gasteiger partial charge < -0.3 is 4.74 Å². The molecule has 2 aliphatic rings. The van der Waals surface area contributed by atoms with Gasteiger partial charge in [0.2, 0.25) is 0 Å². The van der Waals surface area contributed by atoms with Gasteiger partial charge in [-0.15, -0.1) is 0 Å². The second kappa shape index (κ2) is 8.03. The van der Waals surface area contributed by atoms with E-state index >= 15 is 0 Å². The fourth-order valence-corrected chi connectivity index (χ4v) is 5.62. The number of benzene rings is 2. The van der Waals surface area contributed by atoms with Crippen LogP contribution in [0.5, 0.6) is 5.75 Å². The quantitative estimate of drug-likeness (QED) is 0.560. The molecule has 0 spiro atoms. The van der Waals surface area contributed by atoms with E-state index in [9.17, 15) is 0 Å². The summed E-state index contributed by atoms with van der Waals surface area (Å²) in [6, 6.07) is 13.5. The van der Waals surface area contributed by atoms with E-state index in [1.165, 1.54) is 68.6 Å². The molecule has 0 bridgehead atoms. The molecule has 0 radical (unpaired) electrons. The van der Waals surface area contributed by atoms with Crippen molar-refractivity contribution in [2.75, 3.05) is 7.11 Å². The van der Waals surface area contributed by atoms with Gasteiger partial charge in [0.15, 0.2) is 0 Å². The summed E-state index contributed by atoms with van der Waals surface area (Å²) in [5.74, 6) is 4.78. The fraction of sp³-hybridized carbons (Fsp3) is 0.600. The van der Waals surface area contributed by atoms with Crippen LogP contribution in [-0.4, -0.2) is 7.11 Å². The Morgan fingerprint density at radius 3 is 2.04 bits per heavy atom. The average Bonchev–Trinajstić information content (AvgIpc) is 2.73. The molecule has 2 fully saturated rings. The first-order valence-corrected chi connectivity index (χ1v) is 10.8. The third kappa shape index (κ3) is 3.77. The maximum atomic E-state index is 5.35. The van der Waals surface area contributed by atoms with Crippen molar-refractivity contribution in [1.82, 2.24) is 0 Å². The molecule has 2 saturated carbocycles. The molecule has 0 saturated heterocycles. The van der Waals surface area contributed by atoms with Crippen molar-refractivity contribution < 1.29 is 4.74 Å². The fourth-order valence-electron chi connectivity index (χ4n) is 5.62. The van der Waals surface area contributed by atoms with Crippen LogP contribution >= 0.6 is 0 Å². The Labute approximate surface area is 159 Å². The van der Waals surface area contributed by atoms with Gasteiger partial charge in [0.1, 0.15) is 5.75 Å². The summed E-state index contributed by atoms with van der Waals surface area (Å²) in [5, 5.41) is 2.64. The van der Waals surface area contributed by atoms with Gasteiger partial charge in [-0.1, -0.05) is 50.5 Å². The van der Waals surface area contributed by atoms with E-state index in [1.54, 1.807) is 12.7 Å². The molecule has 0 aromatic heterocycles. The zero-order valence-electron chi connectivity index (χ0n) is 16.5. The molecule has 0 atom stereocenters. The normalized spacial score (nSPS) is 29.6. The number of hydrogen-bond acceptors (Lipinski definition) is 1. The lowest BCUT2D eigenvalue weighted by atomic mass is 9.68. The lowest BCUT2D eigenvalue weighted by Crippen LogP contribution is -2.25. The van der Waals surface area contributed by atoms with Crippen molar-refractivity contribution in [2.24, 2.45) is 17.8 Å². The molecule has 2 aliphatic carbocycles. The van der Waals surface area contributed by atoms with Gasteiger partial charge in [0.05, 0.1) is 7.11 Å². The van der Waals surface area contributed by atoms with Crippen LogP contribution < -0.4 is 4.74 Å². The molecule has 0 unspecified atom stereocenters. The standard InChI is InChI=1S/C25H34O/c1-3-18-4-6-19(7-5-18)20-8-10-21(11-9-20)22-12-13-24-17-25(26-2)15-14-23(24)16-22/h12-21H,3-11H2,1-2H3. The van der Waals surface area contributed by atoms with Crippen LogP contribution in [0.3, 0.4) is 0 Å². The van der Waals surface area contributed by atoms with Crippen LogP contribution in [0, 0.1) is 17.8 Å². The number of fused-ring (bicyclic) bond motifs is 1. The minimum Gasteiger partial charge on any atom is -0.497 e. The first-order chi connectivity index (χ1) is 12.8. The second-order valence-electron chi connectivity index (χ2n) is 8.77. The van der Waals surface area contributed by atoms with E-state index in [-0.39, 0.29) is 0 Å². The molecule has 26 heavy (non-hydrogen) atoms. The molecule has 0 heterocycles. The van der Waals surface area contributed by atoms with Crippen molar-refractivity contribution >= 4 is 10.8 Å². The molecule has 0 N–H and O–H groups in total. The molecule has 1 heteroatoms. The molecular weight excluding hydrogens is 316 g/mol. The van der Waals surface area contributed by atoms with Gasteiger partial charge in [-0.2, -0.15) is 0 Å². The summed E-state index contributed by atoms with van der Waals surface area (Å²) < 4.78 is 5.35. The maximum Gasteiger partial charge on any atom is 0.119 e. The van der Waals surface area contributed by atoms with Gasteiger partial charge in [0.25, 0.3) is 0 Å². The summed E-state index contributed by atoms with van der Waals surface area (Å²) in [5.41, 5.74) is 1.55. The first-order valence-electron chi connectivity index (χ1n) is 10.8. The Bertz CT molecular complexity index is 718. The molecule has 0 aliphatic heterocycles. The number of ether oxygens (including phenoxy) is 1. The minimum atomic E-state index is 0.768. The molecule has 2 aromatic rings. The van der Waals surface area contributed by atoms with E-state index in [0.717, 1.165) is 29.4 Å². The van der Waals surface area contributed by atoms with E-state index < -0.39 is 0 Å². The monoisotopic (exact) mass is 350 g/mol. The second-order valence-corrected chi connectivity index (χ2v) is 8.77. The highest BCUT2D eigenvalue weighted by molar-refractivity contribution is 5.84. The molecule has 0 amide bonds. The molecular formula is C25H34O. The van der Waals surface area contributed by atoms with E-state index in [1.807, 2.05) is 0 Å². The van der Waals surface area contributed by atoms with E-state index in [4.69, 9.17) is 4.74 Å². The first kappa shape index (κ1) is 17.9. The summed E-state index contributed by atoms with van der Waals surface area (Å²) in [6.07, 6.45) is 13.1. The molecule has 1 nitrogen and oxygen atoms in total. The van der Waals surface area contributed by atoms with E-state index in [2.05, 4.69) is 43.3 Å². The summed E-state index contributed by atoms with van der Waals surface area (Å²) in [6.45, 7) is 2.37. The number of methoxy groups -OCH3 is 1. The van der Waals surface area contributed by atoms with Crippen LogP contribution in [0.2, 0.25) is 0 Å². The molecule has 140 valence electrons. The Morgan fingerprint density at radius 1 is 0.769 bits per heavy atom. The third-order valence-corrected chi connectivity index (χ3v) is 7.45. The Balaban J connectivity index is 1.38. The summed E-state index contributed by atoms with van der Waals surface area (Å²) in [4.78, 5) is 0. The minimum absolute atomic E-state index is 0.768. The summed E-state index contributed by atoms with van der Waals surface area (Å²) >= 11 is 0. The third-order valence-electron chi connectivity index (χ3n) is 7.45. The Kier molecular flexibility index (Phi) is 5.52. The number of hydrogen-bond donors (Lipinski definition) is 0. The molecule has 2 aromatic carbocycles. The van der Waals surface area contributed by atoms with Crippen LogP contribution in [0.1, 0.15) is 76.2 Å². The van der Waals surface area contributed by atoms with Crippen molar-refractivity contribution in [3.63, 3.8) is 0 Å². The lowest BCUT2D eigenvalue weighted by molar-refractivity contribution is 0.158. The lowest BCUT2D eigenvalue weighted by Gasteiger charge is -2.38. The summed E-state index contributed by atoms with van der Waals surface area (Å²) in [7, 11) is 1.74. The average molecular weight is 351 g/mol. The largest absolute Gasteiger partial charge is 0.497 e. The SMILES string of the molecule is CCC1CCC(C2CCC(c3ccc4cc(OC)ccc4c3)CC2)CC1. The van der Waals surface area contributed by atoms with Gasteiger partial charge in [-0.3, -0.25) is 0 Å². The topological polar surface area (TPSA) is 9.23 Å². The highest BCUT2D eigenvalue weighted by atomic mass is 16.5. The molecule has 4 rings (SSSR count). The van der Waals surface area contributed by atoms with Crippen molar-refractivity contribution in [1.29, 1.82) is 0 Å². The Hall–Kier alpha value is -1.50. The zero-order chi connectivity index (χ0) is 17.9. The van der Waals surface area contributed by atoms with Crippen LogP contribution in [0.4, 0.5) is 0 Å². The van der Waals surface area contributed by atoms with Crippen molar-refractivity contribution in [3.05, 3.63) is 42.0 Å². The van der Waals surface area contributed by atoms with Gasteiger partial charge in [-0.05, 0) is 90.7 Å². The van der Waals surface area contributed by atoms with Crippen molar-refractivity contribution in [3.8, 4) is 5.75 Å². The van der Waals surface area contributed by atoms with E-state index in [0.29, 0.717) is 0 Å². The van der Waals surface area contributed by atoms with Crippen LogP contribution in [0.25, 0.3) is 10.8 Å². The zero-order valence-corrected chi connectivity index (χ0v) is 16.5. The van der Waals surface area contributed by atoms with Gasteiger partial charge >= 0.3 is 0 Å². The highest BCUT2D eigenvalue weighted by Crippen LogP contribution is 2.44. The van der Waals surface area contributed by atoms with Crippen LogP contribution in [0.15, 0.2) is 36.4 Å². The van der Waals surface area contributed by atoms with Gasteiger partial charge in [-0.25, -0.2) is 0 Å². The highest BCUT2D eigenvalue weighted by Gasteiger charge is 2.30. The van der Waals surface area contributed by atoms with Crippen LogP contribution in [-0.2, 0) is 0 Å². The maximum absolute atomic E-state index is 5.35. The Morgan fingerprint density at radius 2 is 1.38 bits per heavy atom. The predicted molar refractivity (Wildman–Crippen MR) is 111 cm³/mol. The smallest absolute Gasteiger partial charge is 0.119 e. The van der Waals surface area contributed by atoms with Gasteiger partial charge in [0, 0.05) is 0 Å². The van der Waals surface area contributed by atoms with Crippen molar-refractivity contribution in [2.45, 2.75) is 70.6 Å². The predicted octanol–water partition coefficient (Wildman–Crippen LogP) is 7.34.